The smallest absolute Gasteiger partial charge is 0.189 e. The zero-order valence-electron chi connectivity index (χ0n) is 13.7. The van der Waals surface area contributed by atoms with Crippen molar-refractivity contribution in [3.63, 3.8) is 0 Å². The number of hydrogen-bond donors (Lipinski definition) is 2. The second-order valence-electron chi connectivity index (χ2n) is 5.88. The minimum absolute atomic E-state index is 0. The first-order valence-electron chi connectivity index (χ1n) is 7.83. The molecule has 1 saturated heterocycles. The van der Waals surface area contributed by atoms with E-state index in [1.165, 1.54) is 19.4 Å². The van der Waals surface area contributed by atoms with E-state index in [1.54, 1.807) is 0 Å². The number of guanidine groups is 1. The van der Waals surface area contributed by atoms with Crippen LogP contribution >= 0.6 is 24.0 Å². The Kier molecular flexibility index (Phi) is 8.16. The molecule has 1 fully saturated rings. The Balaban J connectivity index is 0.00000242. The van der Waals surface area contributed by atoms with Crippen molar-refractivity contribution in [1.82, 2.24) is 15.4 Å². The van der Waals surface area contributed by atoms with Crippen LogP contribution in [0.5, 0.6) is 0 Å². The summed E-state index contributed by atoms with van der Waals surface area (Å²) >= 11 is 0. The van der Waals surface area contributed by atoms with Crippen LogP contribution in [0, 0.1) is 0 Å². The quantitative estimate of drug-likeness (QED) is 0.419. The van der Waals surface area contributed by atoms with E-state index in [4.69, 9.17) is 10.3 Å². The molecule has 2 heterocycles. The average Bonchev–Trinajstić information content (AvgIpc) is 3.11. The fourth-order valence-corrected chi connectivity index (χ4v) is 2.66. The number of nitrogens with two attached hydrogens (primary N) is 1. The van der Waals surface area contributed by atoms with E-state index < -0.39 is 0 Å². The van der Waals surface area contributed by atoms with Crippen molar-refractivity contribution in [2.75, 3.05) is 19.6 Å². The molecule has 1 aliphatic rings. The summed E-state index contributed by atoms with van der Waals surface area (Å²) in [6.07, 6.45) is 2.50. The van der Waals surface area contributed by atoms with Crippen LogP contribution in [0.2, 0.25) is 0 Å². The van der Waals surface area contributed by atoms with Gasteiger partial charge >= 0.3 is 0 Å². The van der Waals surface area contributed by atoms with Crippen LogP contribution < -0.4 is 11.1 Å². The van der Waals surface area contributed by atoms with Crippen molar-refractivity contribution in [3.05, 3.63) is 17.5 Å². The van der Waals surface area contributed by atoms with Crippen molar-refractivity contribution < 1.29 is 4.52 Å². The summed E-state index contributed by atoms with van der Waals surface area (Å²) in [5.41, 5.74) is 6.87. The number of aromatic nitrogens is 1. The van der Waals surface area contributed by atoms with E-state index in [0.29, 0.717) is 24.5 Å². The normalized spacial score (nSPS) is 19.5. The SMILES string of the molecule is CCN1CCCC1CNC(N)=NCc1cc(C(C)C)no1.I. The molecule has 0 saturated carbocycles. The van der Waals surface area contributed by atoms with Gasteiger partial charge in [0.15, 0.2) is 11.7 Å². The lowest BCUT2D eigenvalue weighted by molar-refractivity contribution is 0.267. The summed E-state index contributed by atoms with van der Waals surface area (Å²) < 4.78 is 5.24. The first kappa shape index (κ1) is 19.2. The molecule has 0 amide bonds. The Morgan fingerprint density at radius 3 is 3.00 bits per heavy atom. The number of rotatable bonds is 6. The molecule has 0 radical (unpaired) electrons. The molecule has 0 aromatic carbocycles. The Labute approximate surface area is 149 Å². The maximum Gasteiger partial charge on any atom is 0.189 e. The van der Waals surface area contributed by atoms with Crippen molar-refractivity contribution in [2.24, 2.45) is 10.7 Å². The lowest BCUT2D eigenvalue weighted by Crippen LogP contribution is -2.42. The van der Waals surface area contributed by atoms with Gasteiger partial charge in [-0.2, -0.15) is 0 Å². The molecular formula is C15H28IN5O. The highest BCUT2D eigenvalue weighted by Gasteiger charge is 2.22. The highest BCUT2D eigenvalue weighted by Crippen LogP contribution is 2.16. The lowest BCUT2D eigenvalue weighted by atomic mass is 10.1. The van der Waals surface area contributed by atoms with E-state index in [1.807, 2.05) is 6.07 Å². The van der Waals surface area contributed by atoms with Gasteiger partial charge in [0.05, 0.1) is 5.69 Å². The van der Waals surface area contributed by atoms with Gasteiger partial charge in [-0.15, -0.1) is 24.0 Å². The molecule has 7 heteroatoms. The molecule has 1 unspecified atom stereocenters. The molecule has 0 aliphatic carbocycles. The predicted octanol–water partition coefficient (Wildman–Crippen LogP) is 2.30. The third kappa shape index (κ3) is 5.42. The summed E-state index contributed by atoms with van der Waals surface area (Å²) in [5.74, 6) is 1.59. The van der Waals surface area contributed by atoms with Crippen LogP contribution in [-0.2, 0) is 6.54 Å². The summed E-state index contributed by atoms with van der Waals surface area (Å²) in [5, 5.41) is 7.22. The summed E-state index contributed by atoms with van der Waals surface area (Å²) in [4.78, 5) is 6.79. The standard InChI is InChI=1S/C15H27N5O.HI/c1-4-20-7-5-6-12(20)9-17-15(16)18-10-13-8-14(11(2)3)19-21-13;/h8,11-12H,4-7,9-10H2,1-3H3,(H3,16,17,18);1H. The van der Waals surface area contributed by atoms with Crippen LogP contribution in [0.4, 0.5) is 0 Å². The Morgan fingerprint density at radius 2 is 2.36 bits per heavy atom. The van der Waals surface area contributed by atoms with E-state index in [0.717, 1.165) is 24.5 Å². The molecule has 22 heavy (non-hydrogen) atoms. The number of nitrogens with zero attached hydrogens (tertiary/aromatic N) is 3. The van der Waals surface area contributed by atoms with E-state index in [2.05, 4.69) is 41.1 Å². The second kappa shape index (κ2) is 9.34. The number of aliphatic imine (C=N–C) groups is 1. The van der Waals surface area contributed by atoms with Crippen LogP contribution in [-0.4, -0.2) is 41.7 Å². The molecule has 3 N–H and O–H groups in total. The molecule has 6 nitrogen and oxygen atoms in total. The number of likely N-dealkylation sites (tertiary alicyclic amines) is 1. The monoisotopic (exact) mass is 421 g/mol. The third-order valence-corrected chi connectivity index (χ3v) is 4.00. The molecule has 1 aliphatic heterocycles. The number of nitrogens with one attached hydrogen (secondary N) is 1. The van der Waals surface area contributed by atoms with Crippen LogP contribution in [0.15, 0.2) is 15.6 Å². The Morgan fingerprint density at radius 1 is 1.59 bits per heavy atom. The van der Waals surface area contributed by atoms with Crippen LogP contribution in [0.3, 0.4) is 0 Å². The minimum atomic E-state index is 0. The van der Waals surface area contributed by atoms with Gasteiger partial charge in [-0.3, -0.25) is 4.90 Å². The van der Waals surface area contributed by atoms with Gasteiger partial charge in [0.1, 0.15) is 6.54 Å². The molecule has 2 rings (SSSR count). The van der Waals surface area contributed by atoms with Gasteiger partial charge in [-0.25, -0.2) is 4.99 Å². The fraction of sp³-hybridized carbons (Fsp3) is 0.733. The fourth-order valence-electron chi connectivity index (χ4n) is 2.66. The van der Waals surface area contributed by atoms with Crippen molar-refractivity contribution in [2.45, 2.75) is 52.1 Å². The summed E-state index contributed by atoms with van der Waals surface area (Å²) in [6, 6.07) is 2.51. The summed E-state index contributed by atoms with van der Waals surface area (Å²) in [6.45, 7) is 9.95. The molecule has 0 spiro atoms. The molecular weight excluding hydrogens is 393 g/mol. The zero-order chi connectivity index (χ0) is 15.2. The third-order valence-electron chi connectivity index (χ3n) is 4.00. The highest BCUT2D eigenvalue weighted by atomic mass is 127. The van der Waals surface area contributed by atoms with Gasteiger partial charge in [0.2, 0.25) is 0 Å². The zero-order valence-corrected chi connectivity index (χ0v) is 16.0. The Hall–Kier alpha value is -0.830. The Bertz CT molecular complexity index is 474. The molecule has 1 atom stereocenters. The molecule has 126 valence electrons. The topological polar surface area (TPSA) is 79.7 Å². The van der Waals surface area contributed by atoms with E-state index >= 15 is 0 Å². The number of hydrogen-bond acceptors (Lipinski definition) is 4. The molecule has 1 aromatic rings. The van der Waals surface area contributed by atoms with E-state index in [-0.39, 0.29) is 24.0 Å². The summed E-state index contributed by atoms with van der Waals surface area (Å²) in [7, 11) is 0. The van der Waals surface area contributed by atoms with Crippen molar-refractivity contribution in [3.8, 4) is 0 Å². The average molecular weight is 421 g/mol. The van der Waals surface area contributed by atoms with Gasteiger partial charge in [0, 0.05) is 18.7 Å². The van der Waals surface area contributed by atoms with Gasteiger partial charge in [0.25, 0.3) is 0 Å². The highest BCUT2D eigenvalue weighted by molar-refractivity contribution is 14.0. The number of likely N-dealkylation sites (N-methyl/N-ethyl adjacent to an activating group) is 1. The first-order valence-corrected chi connectivity index (χ1v) is 7.83. The van der Waals surface area contributed by atoms with E-state index in [9.17, 15) is 0 Å². The largest absolute Gasteiger partial charge is 0.370 e. The molecule has 0 bridgehead atoms. The van der Waals surface area contributed by atoms with Gasteiger partial charge < -0.3 is 15.6 Å². The van der Waals surface area contributed by atoms with Crippen LogP contribution in [0.1, 0.15) is 51.0 Å². The predicted molar refractivity (Wildman–Crippen MR) is 99.6 cm³/mol. The first-order chi connectivity index (χ1) is 10.1. The van der Waals surface area contributed by atoms with Crippen LogP contribution in [0.25, 0.3) is 0 Å². The maximum absolute atomic E-state index is 5.91. The lowest BCUT2D eigenvalue weighted by Gasteiger charge is -2.23. The van der Waals surface area contributed by atoms with Crippen molar-refractivity contribution in [1.29, 1.82) is 0 Å². The maximum atomic E-state index is 5.91. The molecule has 1 aromatic heterocycles. The minimum Gasteiger partial charge on any atom is -0.370 e. The number of halogens is 1. The van der Waals surface area contributed by atoms with Gasteiger partial charge in [-0.05, 0) is 31.8 Å². The van der Waals surface area contributed by atoms with Gasteiger partial charge in [-0.1, -0.05) is 25.9 Å². The second-order valence-corrected chi connectivity index (χ2v) is 5.88. The van der Waals surface area contributed by atoms with Crippen molar-refractivity contribution >= 4 is 29.9 Å².